The SMILES string of the molecule is CNC(CCN1CCCC1C(C)C)c1ccccc1Cl. The summed E-state index contributed by atoms with van der Waals surface area (Å²) in [6.45, 7) is 7.08. The van der Waals surface area contributed by atoms with E-state index in [1.54, 1.807) is 0 Å². The maximum absolute atomic E-state index is 6.32. The summed E-state index contributed by atoms with van der Waals surface area (Å²) in [6, 6.07) is 9.28. The Morgan fingerprint density at radius 1 is 1.35 bits per heavy atom. The zero-order valence-electron chi connectivity index (χ0n) is 12.9. The fourth-order valence-corrected chi connectivity index (χ4v) is 3.66. The van der Waals surface area contributed by atoms with Gasteiger partial charge >= 0.3 is 0 Å². The van der Waals surface area contributed by atoms with Gasteiger partial charge in [-0.15, -0.1) is 0 Å². The van der Waals surface area contributed by atoms with Crippen molar-refractivity contribution in [2.75, 3.05) is 20.1 Å². The Kier molecular flexibility index (Phi) is 5.88. The van der Waals surface area contributed by atoms with E-state index >= 15 is 0 Å². The number of hydrogen-bond donors (Lipinski definition) is 1. The van der Waals surface area contributed by atoms with Gasteiger partial charge in [-0.05, 0) is 50.4 Å². The molecule has 0 aromatic heterocycles. The van der Waals surface area contributed by atoms with Gasteiger partial charge in [0.25, 0.3) is 0 Å². The van der Waals surface area contributed by atoms with Crippen molar-refractivity contribution in [1.29, 1.82) is 0 Å². The average molecular weight is 295 g/mol. The molecule has 1 aliphatic rings. The number of rotatable bonds is 6. The fraction of sp³-hybridized carbons (Fsp3) is 0.647. The molecular weight excluding hydrogens is 268 g/mol. The third-order valence-electron chi connectivity index (χ3n) is 4.52. The molecule has 0 spiro atoms. The molecule has 1 fully saturated rings. The van der Waals surface area contributed by atoms with E-state index in [2.05, 4.69) is 36.2 Å². The first-order chi connectivity index (χ1) is 9.63. The predicted octanol–water partition coefficient (Wildman–Crippen LogP) is 4.11. The Morgan fingerprint density at radius 3 is 2.75 bits per heavy atom. The second-order valence-corrected chi connectivity index (χ2v) is 6.55. The molecule has 3 heteroatoms. The highest BCUT2D eigenvalue weighted by Crippen LogP contribution is 2.28. The van der Waals surface area contributed by atoms with Gasteiger partial charge in [0.15, 0.2) is 0 Å². The van der Waals surface area contributed by atoms with Gasteiger partial charge in [-0.3, -0.25) is 0 Å². The third-order valence-corrected chi connectivity index (χ3v) is 4.86. The summed E-state index contributed by atoms with van der Waals surface area (Å²) in [7, 11) is 2.03. The average Bonchev–Trinajstić information content (AvgIpc) is 2.90. The number of nitrogens with one attached hydrogen (secondary N) is 1. The Morgan fingerprint density at radius 2 is 2.10 bits per heavy atom. The normalized spacial score (nSPS) is 21.6. The zero-order chi connectivity index (χ0) is 14.5. The minimum atomic E-state index is 0.345. The summed E-state index contributed by atoms with van der Waals surface area (Å²) in [6.07, 6.45) is 3.82. The Labute approximate surface area is 128 Å². The second kappa shape index (κ2) is 7.44. The van der Waals surface area contributed by atoms with Gasteiger partial charge in [0.1, 0.15) is 0 Å². The standard InChI is InChI=1S/C17H27ClN2/c1-13(2)17-9-6-11-20(17)12-10-16(19-3)14-7-4-5-8-15(14)18/h4-5,7-8,13,16-17,19H,6,9-12H2,1-3H3. The first-order valence-corrected chi connectivity index (χ1v) is 8.17. The van der Waals surface area contributed by atoms with Crippen LogP contribution in [0, 0.1) is 5.92 Å². The van der Waals surface area contributed by atoms with E-state index in [0.29, 0.717) is 6.04 Å². The highest BCUT2D eigenvalue weighted by molar-refractivity contribution is 6.31. The number of nitrogens with zero attached hydrogens (tertiary/aromatic N) is 1. The lowest BCUT2D eigenvalue weighted by Gasteiger charge is -2.29. The van der Waals surface area contributed by atoms with Crippen LogP contribution < -0.4 is 5.32 Å². The van der Waals surface area contributed by atoms with Crippen LogP contribution >= 0.6 is 11.6 Å². The number of halogens is 1. The van der Waals surface area contributed by atoms with Gasteiger partial charge in [-0.25, -0.2) is 0 Å². The largest absolute Gasteiger partial charge is 0.313 e. The van der Waals surface area contributed by atoms with E-state index in [0.717, 1.165) is 29.9 Å². The quantitative estimate of drug-likeness (QED) is 0.849. The molecule has 1 heterocycles. The van der Waals surface area contributed by atoms with Crippen molar-refractivity contribution < 1.29 is 0 Å². The molecule has 2 rings (SSSR count). The van der Waals surface area contributed by atoms with E-state index in [4.69, 9.17) is 11.6 Å². The molecule has 0 radical (unpaired) electrons. The topological polar surface area (TPSA) is 15.3 Å². The van der Waals surface area contributed by atoms with Crippen molar-refractivity contribution in [2.24, 2.45) is 5.92 Å². The lowest BCUT2D eigenvalue weighted by Crippen LogP contribution is -2.35. The van der Waals surface area contributed by atoms with E-state index in [9.17, 15) is 0 Å². The molecule has 112 valence electrons. The van der Waals surface area contributed by atoms with Gasteiger partial charge in [-0.1, -0.05) is 43.6 Å². The van der Waals surface area contributed by atoms with Gasteiger partial charge in [-0.2, -0.15) is 0 Å². The summed E-state index contributed by atoms with van der Waals surface area (Å²) in [5, 5.41) is 4.29. The minimum Gasteiger partial charge on any atom is -0.313 e. The van der Waals surface area contributed by atoms with Crippen LogP contribution in [0.2, 0.25) is 5.02 Å². The van der Waals surface area contributed by atoms with Crippen LogP contribution in [0.1, 0.15) is 44.7 Å². The summed E-state index contributed by atoms with van der Waals surface area (Å²) in [4.78, 5) is 2.66. The molecule has 1 saturated heterocycles. The van der Waals surface area contributed by atoms with Crippen molar-refractivity contribution >= 4 is 11.6 Å². The van der Waals surface area contributed by atoms with Crippen LogP contribution in [-0.4, -0.2) is 31.1 Å². The Hall–Kier alpha value is -0.570. The molecule has 2 nitrogen and oxygen atoms in total. The van der Waals surface area contributed by atoms with Crippen LogP contribution in [0.25, 0.3) is 0 Å². The first kappa shape index (κ1) is 15.8. The molecule has 0 saturated carbocycles. The van der Waals surface area contributed by atoms with Crippen molar-refractivity contribution in [3.05, 3.63) is 34.9 Å². The molecule has 1 N–H and O–H groups in total. The molecule has 20 heavy (non-hydrogen) atoms. The predicted molar refractivity (Wildman–Crippen MR) is 87.3 cm³/mol. The molecule has 0 bridgehead atoms. The smallest absolute Gasteiger partial charge is 0.0453 e. The number of likely N-dealkylation sites (tertiary alicyclic amines) is 1. The first-order valence-electron chi connectivity index (χ1n) is 7.79. The van der Waals surface area contributed by atoms with Gasteiger partial charge in [0.05, 0.1) is 0 Å². The van der Waals surface area contributed by atoms with Crippen LogP contribution in [0.5, 0.6) is 0 Å². The molecule has 1 aromatic carbocycles. The van der Waals surface area contributed by atoms with Crippen LogP contribution in [0.15, 0.2) is 24.3 Å². The van der Waals surface area contributed by atoms with Crippen molar-refractivity contribution in [2.45, 2.75) is 45.2 Å². The maximum atomic E-state index is 6.32. The minimum absolute atomic E-state index is 0.345. The van der Waals surface area contributed by atoms with Gasteiger partial charge < -0.3 is 10.2 Å². The number of hydrogen-bond acceptors (Lipinski definition) is 2. The third kappa shape index (κ3) is 3.75. The van der Waals surface area contributed by atoms with Crippen molar-refractivity contribution in [3.8, 4) is 0 Å². The van der Waals surface area contributed by atoms with Crippen molar-refractivity contribution in [1.82, 2.24) is 10.2 Å². The lowest BCUT2D eigenvalue weighted by atomic mass is 10.0. The Bertz CT molecular complexity index is 419. The number of benzene rings is 1. The van der Waals surface area contributed by atoms with Gasteiger partial charge in [0, 0.05) is 23.7 Å². The van der Waals surface area contributed by atoms with Crippen LogP contribution in [0.4, 0.5) is 0 Å². The molecule has 0 aliphatic carbocycles. The van der Waals surface area contributed by atoms with Crippen LogP contribution in [-0.2, 0) is 0 Å². The summed E-state index contributed by atoms with van der Waals surface area (Å²) >= 11 is 6.32. The Balaban J connectivity index is 1.96. The van der Waals surface area contributed by atoms with Crippen molar-refractivity contribution in [3.63, 3.8) is 0 Å². The highest BCUT2D eigenvalue weighted by Gasteiger charge is 2.27. The monoisotopic (exact) mass is 294 g/mol. The van der Waals surface area contributed by atoms with E-state index in [1.807, 2.05) is 19.2 Å². The molecular formula is C17H27ClN2. The summed E-state index contributed by atoms with van der Waals surface area (Å²) < 4.78 is 0. The molecule has 2 atom stereocenters. The fourth-order valence-electron chi connectivity index (χ4n) is 3.39. The van der Waals surface area contributed by atoms with Gasteiger partial charge in [0.2, 0.25) is 0 Å². The van der Waals surface area contributed by atoms with E-state index < -0.39 is 0 Å². The molecule has 1 aromatic rings. The molecule has 2 unspecified atom stereocenters. The summed E-state index contributed by atoms with van der Waals surface area (Å²) in [5.74, 6) is 0.755. The second-order valence-electron chi connectivity index (χ2n) is 6.14. The van der Waals surface area contributed by atoms with Crippen LogP contribution in [0.3, 0.4) is 0 Å². The lowest BCUT2D eigenvalue weighted by molar-refractivity contribution is 0.197. The molecule has 0 amide bonds. The van der Waals surface area contributed by atoms with E-state index in [-0.39, 0.29) is 0 Å². The zero-order valence-corrected chi connectivity index (χ0v) is 13.7. The summed E-state index contributed by atoms with van der Waals surface area (Å²) in [5.41, 5.74) is 1.22. The molecule has 1 aliphatic heterocycles. The maximum Gasteiger partial charge on any atom is 0.0453 e. The van der Waals surface area contributed by atoms with E-state index in [1.165, 1.54) is 24.9 Å². The highest BCUT2D eigenvalue weighted by atomic mass is 35.5.